The standard InChI is InChI=1S/C30H34N4O6S/c1-41(38,39)33-26-17-23(21-9-11-22(12-10-21)29(31)32)13-14-27(26)40-19-25-16-24(18-28(35)36)30(37)34(25)15-5-8-20-6-3-2-4-7-20/h2-4,6-7,9-14,17,24-25,33H,5,8,15-16,18-19H2,1H3,(H3,31,32)(H,35,36)/t24-,25-/m0/s1. The van der Waals surface area contributed by atoms with Crippen LogP contribution in [0.2, 0.25) is 0 Å². The second kappa shape index (κ2) is 12.9. The Bertz CT molecular complexity index is 1510. The van der Waals surface area contributed by atoms with Crippen LogP contribution in [0.4, 0.5) is 5.69 Å². The lowest BCUT2D eigenvalue weighted by atomic mass is 10.0. The third-order valence-corrected chi connectivity index (χ3v) is 7.58. The molecule has 1 amide bonds. The summed E-state index contributed by atoms with van der Waals surface area (Å²) in [6.45, 7) is 0.541. The number of sulfonamides is 1. The van der Waals surface area contributed by atoms with E-state index >= 15 is 0 Å². The number of hydrogen-bond acceptors (Lipinski definition) is 6. The summed E-state index contributed by atoms with van der Waals surface area (Å²) in [5, 5.41) is 16.9. The number of ether oxygens (including phenoxy) is 1. The van der Waals surface area contributed by atoms with Crippen molar-refractivity contribution in [2.24, 2.45) is 11.7 Å². The first kappa shape index (κ1) is 29.6. The molecule has 216 valence electrons. The van der Waals surface area contributed by atoms with Gasteiger partial charge in [0.15, 0.2) is 0 Å². The fourth-order valence-corrected chi connectivity index (χ4v) is 5.60. The van der Waals surface area contributed by atoms with Crippen LogP contribution in [-0.2, 0) is 26.0 Å². The zero-order valence-corrected chi connectivity index (χ0v) is 23.6. The number of carbonyl (C=O) groups excluding carboxylic acids is 1. The van der Waals surface area contributed by atoms with E-state index in [1.165, 1.54) is 0 Å². The number of hydrogen-bond donors (Lipinski definition) is 4. The van der Waals surface area contributed by atoms with Gasteiger partial charge >= 0.3 is 5.97 Å². The van der Waals surface area contributed by atoms with Gasteiger partial charge < -0.3 is 20.5 Å². The van der Waals surface area contributed by atoms with Gasteiger partial charge in [-0.1, -0.05) is 60.7 Å². The van der Waals surface area contributed by atoms with Gasteiger partial charge in [-0.05, 0) is 48.1 Å². The number of nitrogen functional groups attached to an aromatic ring is 1. The topological polar surface area (TPSA) is 163 Å². The van der Waals surface area contributed by atoms with Crippen LogP contribution >= 0.6 is 0 Å². The van der Waals surface area contributed by atoms with Crippen LogP contribution in [0.15, 0.2) is 72.8 Å². The molecule has 3 aromatic carbocycles. The molecule has 0 unspecified atom stereocenters. The minimum atomic E-state index is -3.64. The van der Waals surface area contributed by atoms with Crippen LogP contribution in [0, 0.1) is 11.3 Å². The molecule has 4 rings (SSSR count). The number of amidine groups is 1. The minimum absolute atomic E-state index is 0.0511. The number of amides is 1. The van der Waals surface area contributed by atoms with E-state index < -0.39 is 21.9 Å². The molecule has 0 saturated carbocycles. The van der Waals surface area contributed by atoms with Crippen molar-refractivity contribution in [3.63, 3.8) is 0 Å². The first-order chi connectivity index (χ1) is 19.5. The molecular weight excluding hydrogens is 544 g/mol. The molecule has 0 bridgehead atoms. The van der Waals surface area contributed by atoms with Crippen LogP contribution in [0.5, 0.6) is 5.75 Å². The van der Waals surface area contributed by atoms with Gasteiger partial charge in [-0.15, -0.1) is 0 Å². The molecule has 1 aliphatic rings. The average Bonchev–Trinajstić information content (AvgIpc) is 3.21. The first-order valence-corrected chi connectivity index (χ1v) is 15.1. The zero-order chi connectivity index (χ0) is 29.6. The number of carboxylic acid groups (broad SMARTS) is 1. The summed E-state index contributed by atoms with van der Waals surface area (Å²) >= 11 is 0. The van der Waals surface area contributed by atoms with Crippen LogP contribution in [0.25, 0.3) is 11.1 Å². The van der Waals surface area contributed by atoms with Gasteiger partial charge in [-0.3, -0.25) is 19.7 Å². The van der Waals surface area contributed by atoms with Crippen LogP contribution in [0.1, 0.15) is 30.4 Å². The molecule has 1 fully saturated rings. The zero-order valence-electron chi connectivity index (χ0n) is 22.7. The number of rotatable bonds is 13. The van der Waals surface area contributed by atoms with Crippen molar-refractivity contribution in [3.05, 3.63) is 83.9 Å². The highest BCUT2D eigenvalue weighted by molar-refractivity contribution is 7.92. The van der Waals surface area contributed by atoms with Crippen molar-refractivity contribution in [1.29, 1.82) is 5.41 Å². The number of likely N-dealkylation sites (tertiary alicyclic amines) is 1. The number of carboxylic acids is 1. The maximum absolute atomic E-state index is 13.1. The molecule has 0 aliphatic carbocycles. The number of carbonyl (C=O) groups is 2. The molecule has 1 saturated heterocycles. The van der Waals surface area contributed by atoms with Gasteiger partial charge in [0.25, 0.3) is 0 Å². The van der Waals surface area contributed by atoms with Crippen LogP contribution < -0.4 is 15.2 Å². The predicted octanol–water partition coefficient (Wildman–Crippen LogP) is 3.71. The maximum Gasteiger partial charge on any atom is 0.304 e. The molecule has 5 N–H and O–H groups in total. The monoisotopic (exact) mass is 578 g/mol. The second-order valence-electron chi connectivity index (χ2n) is 10.2. The SMILES string of the molecule is CS(=O)(=O)Nc1cc(-c2ccc(C(=N)N)cc2)ccc1OC[C@@H]1C[C@@H](CC(=O)O)C(=O)N1CCCc1ccccc1. The summed E-state index contributed by atoms with van der Waals surface area (Å²) in [7, 11) is -3.64. The number of anilines is 1. The summed E-state index contributed by atoms with van der Waals surface area (Å²) < 4.78 is 32.9. The summed E-state index contributed by atoms with van der Waals surface area (Å²) in [5.74, 6) is -1.62. The average molecular weight is 579 g/mol. The molecule has 11 heteroatoms. The summed E-state index contributed by atoms with van der Waals surface area (Å²) in [4.78, 5) is 26.2. The lowest BCUT2D eigenvalue weighted by Crippen LogP contribution is -2.38. The van der Waals surface area contributed by atoms with Crippen molar-refractivity contribution < 1.29 is 27.9 Å². The Labute approximate surface area is 239 Å². The predicted molar refractivity (Wildman–Crippen MR) is 157 cm³/mol. The van der Waals surface area contributed by atoms with Gasteiger partial charge in [0, 0.05) is 12.1 Å². The quantitative estimate of drug-likeness (QED) is 0.177. The van der Waals surface area contributed by atoms with E-state index in [2.05, 4.69) is 4.72 Å². The third-order valence-electron chi connectivity index (χ3n) is 6.99. The molecular formula is C30H34N4O6S. The molecule has 0 radical (unpaired) electrons. The van der Waals surface area contributed by atoms with Gasteiger partial charge in [0.2, 0.25) is 15.9 Å². The van der Waals surface area contributed by atoms with E-state index in [0.717, 1.165) is 29.4 Å². The Balaban J connectivity index is 1.52. The molecule has 0 spiro atoms. The molecule has 3 aromatic rings. The highest BCUT2D eigenvalue weighted by Gasteiger charge is 2.40. The number of nitrogens with zero attached hydrogens (tertiary/aromatic N) is 1. The summed E-state index contributed by atoms with van der Waals surface area (Å²) in [6, 6.07) is 21.7. The van der Waals surface area contributed by atoms with E-state index in [-0.39, 0.29) is 42.2 Å². The van der Waals surface area contributed by atoms with Crippen molar-refractivity contribution in [2.75, 3.05) is 24.1 Å². The lowest BCUT2D eigenvalue weighted by molar-refractivity contribution is -0.142. The second-order valence-corrected chi connectivity index (χ2v) is 11.9. The van der Waals surface area contributed by atoms with Gasteiger partial charge in [0.1, 0.15) is 18.2 Å². The Hall–Kier alpha value is -4.38. The lowest BCUT2D eigenvalue weighted by Gasteiger charge is -2.25. The number of aliphatic carboxylic acids is 1. The van der Waals surface area contributed by atoms with Crippen molar-refractivity contribution >= 4 is 33.4 Å². The fourth-order valence-electron chi connectivity index (χ4n) is 5.04. The maximum atomic E-state index is 13.1. The fraction of sp³-hybridized carbons (Fsp3) is 0.300. The minimum Gasteiger partial charge on any atom is -0.489 e. The first-order valence-electron chi connectivity index (χ1n) is 13.3. The molecule has 10 nitrogen and oxygen atoms in total. The van der Waals surface area contributed by atoms with Gasteiger partial charge in [-0.25, -0.2) is 8.42 Å². The Morgan fingerprint density at radius 1 is 1.10 bits per heavy atom. The van der Waals surface area contributed by atoms with Gasteiger partial charge in [0.05, 0.1) is 30.3 Å². The summed E-state index contributed by atoms with van der Waals surface area (Å²) in [6.07, 6.45) is 2.63. The third kappa shape index (κ3) is 8.07. The normalized spacial score (nSPS) is 16.9. The van der Waals surface area contributed by atoms with E-state index in [1.807, 2.05) is 30.3 Å². The van der Waals surface area contributed by atoms with Gasteiger partial charge in [-0.2, -0.15) is 0 Å². The number of benzene rings is 3. The van der Waals surface area contributed by atoms with Crippen molar-refractivity contribution in [2.45, 2.75) is 31.7 Å². The molecule has 1 aliphatic heterocycles. The van der Waals surface area contributed by atoms with Crippen molar-refractivity contribution in [1.82, 2.24) is 4.90 Å². The Morgan fingerprint density at radius 2 is 1.78 bits per heavy atom. The largest absolute Gasteiger partial charge is 0.489 e. The molecule has 2 atom stereocenters. The summed E-state index contributed by atoms with van der Waals surface area (Å²) in [5.41, 5.74) is 9.02. The number of nitrogens with two attached hydrogens (primary N) is 1. The van der Waals surface area contributed by atoms with E-state index in [9.17, 15) is 23.1 Å². The smallest absolute Gasteiger partial charge is 0.304 e. The van der Waals surface area contributed by atoms with E-state index in [4.69, 9.17) is 15.9 Å². The molecule has 41 heavy (non-hydrogen) atoms. The van der Waals surface area contributed by atoms with Crippen LogP contribution in [0.3, 0.4) is 0 Å². The Kier molecular flexibility index (Phi) is 9.28. The van der Waals surface area contributed by atoms with E-state index in [1.54, 1.807) is 47.4 Å². The molecule has 1 heterocycles. The molecule has 0 aromatic heterocycles. The number of nitrogens with one attached hydrogen (secondary N) is 2. The van der Waals surface area contributed by atoms with E-state index in [0.29, 0.717) is 24.9 Å². The van der Waals surface area contributed by atoms with Crippen molar-refractivity contribution in [3.8, 4) is 16.9 Å². The highest BCUT2D eigenvalue weighted by atomic mass is 32.2. The van der Waals surface area contributed by atoms with Crippen LogP contribution in [-0.4, -0.2) is 61.6 Å². The Morgan fingerprint density at radius 3 is 2.41 bits per heavy atom. The highest BCUT2D eigenvalue weighted by Crippen LogP contribution is 2.34. The number of aryl methyl sites for hydroxylation is 1.